The molecule has 1 aromatic rings. The molecule has 5 aliphatic rings. The molecule has 1 heterocycles. The lowest BCUT2D eigenvalue weighted by molar-refractivity contribution is -0.229. The Kier molecular flexibility index (Phi) is 9.48. The molecule has 1 aromatic carbocycles. The number of carboxylic acids is 1. The molecule has 5 fully saturated rings. The SMILES string of the molecule is C/C(=C\CCCC1CCC2C3CCC4CC5(CCC4(C)C3CCC12C)OCCO5)C(=O)O.O=C(OF)c1ccccc1. The van der Waals surface area contributed by atoms with Crippen molar-refractivity contribution >= 4 is 11.9 Å². The van der Waals surface area contributed by atoms with E-state index in [0.717, 1.165) is 68.5 Å². The van der Waals surface area contributed by atoms with Crippen molar-refractivity contribution in [3.05, 3.63) is 47.5 Å². The molecule has 0 bridgehead atoms. The summed E-state index contributed by atoms with van der Waals surface area (Å²) < 4.78 is 23.5. The lowest BCUT2D eigenvalue weighted by atomic mass is 9.44. The van der Waals surface area contributed by atoms with Crippen LogP contribution in [0.4, 0.5) is 4.53 Å². The molecule has 1 saturated heterocycles. The van der Waals surface area contributed by atoms with E-state index in [1.165, 1.54) is 63.5 Å². The summed E-state index contributed by atoms with van der Waals surface area (Å²) in [4.78, 5) is 24.5. The molecular weight excluding hydrogens is 535 g/mol. The maximum atomic E-state index is 11.2. The fraction of sp³-hybridized carbons (Fsp3) is 0.714. The minimum Gasteiger partial charge on any atom is -0.478 e. The highest BCUT2D eigenvalue weighted by atomic mass is 19.3. The molecule has 232 valence electrons. The first-order valence-electron chi connectivity index (χ1n) is 16.2. The van der Waals surface area contributed by atoms with Gasteiger partial charge in [-0.3, -0.25) is 0 Å². The maximum absolute atomic E-state index is 11.2. The number of hydrogen-bond donors (Lipinski definition) is 1. The number of halogens is 1. The number of ether oxygens (including phenoxy) is 2. The Bertz CT molecular complexity index is 1130. The number of carbonyl (C=O) groups is 2. The number of unbranched alkanes of at least 4 members (excludes halogenated alkanes) is 1. The second kappa shape index (κ2) is 12.8. The van der Waals surface area contributed by atoms with E-state index in [1.807, 2.05) is 6.08 Å². The molecule has 0 aromatic heterocycles. The van der Waals surface area contributed by atoms with Gasteiger partial charge in [-0.1, -0.05) is 38.1 Å². The van der Waals surface area contributed by atoms with Gasteiger partial charge in [-0.05, 0) is 124 Å². The second-order valence-corrected chi connectivity index (χ2v) is 14.1. The van der Waals surface area contributed by atoms with E-state index in [2.05, 4.69) is 18.8 Å². The van der Waals surface area contributed by atoms with Gasteiger partial charge in [-0.15, -0.1) is 0 Å². The summed E-state index contributed by atoms with van der Waals surface area (Å²) in [6.07, 6.45) is 17.1. The monoisotopic (exact) mass is 584 g/mol. The molecule has 6 nitrogen and oxygen atoms in total. The van der Waals surface area contributed by atoms with Crippen molar-refractivity contribution in [3.63, 3.8) is 0 Å². The third-order valence-corrected chi connectivity index (χ3v) is 12.3. The molecule has 7 atom stereocenters. The standard InChI is InChI=1S/C28H44O4.C7H5FO2/c1-19(25(29)30)6-4-5-7-20-9-11-23-22-10-8-21-18-28(31-16-17-32-28)15-14-27(21,3)24(22)12-13-26(20,23)2;8-10-7(9)6-4-2-1-3-5-6/h6,20-24H,4-5,7-18H2,1-3H3,(H,29,30);1-5H/b19-6+;. The first-order chi connectivity index (χ1) is 20.1. The average molecular weight is 585 g/mol. The van der Waals surface area contributed by atoms with Gasteiger partial charge < -0.3 is 14.6 Å². The predicted octanol–water partition coefficient (Wildman–Crippen LogP) is 8.32. The number of rotatable bonds is 6. The van der Waals surface area contributed by atoms with Crippen molar-refractivity contribution in [2.45, 2.75) is 104 Å². The zero-order valence-corrected chi connectivity index (χ0v) is 25.6. The van der Waals surface area contributed by atoms with Gasteiger partial charge in [-0.25, -0.2) is 14.5 Å². The smallest absolute Gasteiger partial charge is 0.379 e. The number of benzene rings is 1. The van der Waals surface area contributed by atoms with Crippen molar-refractivity contribution in [2.75, 3.05) is 13.2 Å². The highest BCUT2D eigenvalue weighted by Crippen LogP contribution is 2.68. The van der Waals surface area contributed by atoms with Gasteiger partial charge in [0.05, 0.1) is 18.8 Å². The lowest BCUT2D eigenvalue weighted by Crippen LogP contribution is -2.56. The van der Waals surface area contributed by atoms with Crippen LogP contribution >= 0.6 is 0 Å². The molecule has 1 aliphatic heterocycles. The van der Waals surface area contributed by atoms with Gasteiger partial charge >= 0.3 is 11.9 Å². The van der Waals surface area contributed by atoms with Gasteiger partial charge in [-0.2, -0.15) is 0 Å². The highest BCUT2D eigenvalue weighted by molar-refractivity contribution is 5.88. The van der Waals surface area contributed by atoms with E-state index in [4.69, 9.17) is 14.6 Å². The highest BCUT2D eigenvalue weighted by Gasteiger charge is 2.61. The summed E-state index contributed by atoms with van der Waals surface area (Å²) in [6, 6.07) is 7.94. The summed E-state index contributed by atoms with van der Waals surface area (Å²) in [6.45, 7) is 8.52. The molecule has 6 rings (SSSR count). The van der Waals surface area contributed by atoms with E-state index < -0.39 is 11.9 Å². The summed E-state index contributed by atoms with van der Waals surface area (Å²) in [5.41, 5.74) is 1.68. The van der Waals surface area contributed by atoms with Crippen LogP contribution in [0.25, 0.3) is 0 Å². The van der Waals surface area contributed by atoms with Crippen LogP contribution in [0.3, 0.4) is 0 Å². The number of carbonyl (C=O) groups excluding carboxylic acids is 1. The molecule has 7 heteroatoms. The molecular formula is C35H49FO6. The predicted molar refractivity (Wildman–Crippen MR) is 158 cm³/mol. The van der Waals surface area contributed by atoms with E-state index in [0.29, 0.717) is 16.4 Å². The first-order valence-corrected chi connectivity index (χ1v) is 16.2. The minimum atomic E-state index is -0.958. The molecule has 42 heavy (non-hydrogen) atoms. The maximum Gasteiger partial charge on any atom is 0.379 e. The third kappa shape index (κ3) is 6.06. The quantitative estimate of drug-likeness (QED) is 0.267. The second-order valence-electron chi connectivity index (χ2n) is 14.1. The molecule has 1 N–H and O–H groups in total. The van der Waals surface area contributed by atoms with Crippen LogP contribution in [0, 0.1) is 40.4 Å². The Morgan fingerprint density at radius 1 is 0.976 bits per heavy atom. The topological polar surface area (TPSA) is 82.1 Å². The minimum absolute atomic E-state index is 0.213. The molecule has 4 aliphatic carbocycles. The van der Waals surface area contributed by atoms with Gasteiger partial charge in [0.25, 0.3) is 0 Å². The van der Waals surface area contributed by atoms with Gasteiger partial charge in [0, 0.05) is 22.9 Å². The van der Waals surface area contributed by atoms with Gasteiger partial charge in [0.2, 0.25) is 0 Å². The molecule has 7 unspecified atom stereocenters. The Morgan fingerprint density at radius 3 is 2.38 bits per heavy atom. The van der Waals surface area contributed by atoms with Crippen LogP contribution in [-0.4, -0.2) is 36.0 Å². The van der Waals surface area contributed by atoms with Crippen molar-refractivity contribution in [2.24, 2.45) is 40.4 Å². The van der Waals surface area contributed by atoms with E-state index in [-0.39, 0.29) is 11.4 Å². The Labute approximate surface area is 250 Å². The number of hydrogen-bond acceptors (Lipinski definition) is 5. The van der Waals surface area contributed by atoms with E-state index >= 15 is 0 Å². The van der Waals surface area contributed by atoms with Crippen LogP contribution in [0.15, 0.2) is 42.0 Å². The van der Waals surface area contributed by atoms with Crippen LogP contribution in [0.1, 0.15) is 108 Å². The largest absolute Gasteiger partial charge is 0.478 e. The Morgan fingerprint density at radius 2 is 1.69 bits per heavy atom. The van der Waals surface area contributed by atoms with Crippen LogP contribution in [0.2, 0.25) is 0 Å². The lowest BCUT2D eigenvalue weighted by Gasteiger charge is -2.62. The van der Waals surface area contributed by atoms with Crippen molar-refractivity contribution in [1.82, 2.24) is 0 Å². The van der Waals surface area contributed by atoms with Crippen LogP contribution < -0.4 is 0 Å². The molecule has 0 radical (unpaired) electrons. The summed E-state index contributed by atoms with van der Waals surface area (Å²) in [5.74, 6) is 2.31. The molecule has 4 saturated carbocycles. The molecule has 0 amide bonds. The van der Waals surface area contributed by atoms with Crippen molar-refractivity contribution in [3.8, 4) is 0 Å². The Balaban J connectivity index is 0.000000300. The average Bonchev–Trinajstić information content (AvgIpc) is 3.59. The van der Waals surface area contributed by atoms with E-state index in [9.17, 15) is 14.1 Å². The third-order valence-electron chi connectivity index (χ3n) is 12.3. The van der Waals surface area contributed by atoms with Crippen LogP contribution in [0.5, 0.6) is 0 Å². The zero-order chi connectivity index (χ0) is 30.0. The normalized spacial score (nSPS) is 36.7. The van der Waals surface area contributed by atoms with Gasteiger partial charge in [0.15, 0.2) is 5.79 Å². The summed E-state index contributed by atoms with van der Waals surface area (Å²) in [7, 11) is 0. The number of allylic oxidation sites excluding steroid dienone is 1. The number of carboxylic acid groups (broad SMARTS) is 1. The van der Waals surface area contributed by atoms with Crippen LogP contribution in [-0.2, 0) is 19.2 Å². The summed E-state index contributed by atoms with van der Waals surface area (Å²) >= 11 is 0. The van der Waals surface area contributed by atoms with Crippen molar-refractivity contribution < 1.29 is 33.6 Å². The Hall–Kier alpha value is -2.25. The fourth-order valence-corrected chi connectivity index (χ4v) is 9.93. The molecule has 1 spiro atoms. The van der Waals surface area contributed by atoms with Crippen molar-refractivity contribution in [1.29, 1.82) is 0 Å². The number of aliphatic carboxylic acids is 1. The first kappa shape index (κ1) is 31.2. The fourth-order valence-electron chi connectivity index (χ4n) is 9.93. The van der Waals surface area contributed by atoms with E-state index in [1.54, 1.807) is 25.1 Å². The number of fused-ring (bicyclic) bond motifs is 5. The van der Waals surface area contributed by atoms with Gasteiger partial charge in [0.1, 0.15) is 0 Å². The zero-order valence-electron chi connectivity index (χ0n) is 25.6. The summed E-state index contributed by atoms with van der Waals surface area (Å²) in [5, 5.41) is 9.08.